The number of aryl methyl sites for hydroxylation is 1. The molecule has 0 aromatic heterocycles. The van der Waals surface area contributed by atoms with E-state index in [-0.39, 0.29) is 6.04 Å². The Morgan fingerprint density at radius 1 is 1.31 bits per heavy atom. The Bertz CT molecular complexity index is 243. The van der Waals surface area contributed by atoms with Crippen molar-refractivity contribution in [2.75, 3.05) is 13.7 Å². The van der Waals surface area contributed by atoms with Gasteiger partial charge >= 0.3 is 0 Å². The first-order valence-corrected chi connectivity index (χ1v) is 4.55. The number of nitrogens with two attached hydrogens (primary N) is 1. The first kappa shape index (κ1) is 10.2. The van der Waals surface area contributed by atoms with E-state index in [2.05, 4.69) is 31.2 Å². The Morgan fingerprint density at radius 3 is 2.46 bits per heavy atom. The Balaban J connectivity index is 2.55. The Kier molecular flexibility index (Phi) is 3.93. The van der Waals surface area contributed by atoms with Crippen molar-refractivity contribution in [3.63, 3.8) is 0 Å². The van der Waals surface area contributed by atoms with Gasteiger partial charge in [-0.25, -0.2) is 0 Å². The zero-order valence-electron chi connectivity index (χ0n) is 8.29. The summed E-state index contributed by atoms with van der Waals surface area (Å²) in [5.74, 6) is 0. The average molecular weight is 179 g/mol. The molecule has 0 aliphatic rings. The molecule has 0 saturated carbocycles. The molecule has 72 valence electrons. The molecule has 2 heteroatoms. The molecule has 1 aromatic rings. The van der Waals surface area contributed by atoms with Gasteiger partial charge in [0.1, 0.15) is 0 Å². The van der Waals surface area contributed by atoms with Crippen LogP contribution in [0.5, 0.6) is 0 Å². The lowest BCUT2D eigenvalue weighted by molar-refractivity contribution is 0.188. The summed E-state index contributed by atoms with van der Waals surface area (Å²) < 4.78 is 4.98. The molecule has 0 heterocycles. The van der Waals surface area contributed by atoms with Crippen LogP contribution < -0.4 is 5.73 Å². The maximum atomic E-state index is 5.95. The van der Waals surface area contributed by atoms with Crippen molar-refractivity contribution in [3.05, 3.63) is 35.4 Å². The highest BCUT2D eigenvalue weighted by atomic mass is 16.5. The van der Waals surface area contributed by atoms with Crippen LogP contribution in [-0.4, -0.2) is 13.7 Å². The fraction of sp³-hybridized carbons (Fsp3) is 0.455. The Morgan fingerprint density at radius 2 is 1.92 bits per heavy atom. The fourth-order valence-corrected chi connectivity index (χ4v) is 1.23. The number of ether oxygens (including phenoxy) is 1. The van der Waals surface area contributed by atoms with E-state index in [0.29, 0.717) is 0 Å². The molecule has 0 radical (unpaired) electrons. The molecule has 1 rings (SSSR count). The van der Waals surface area contributed by atoms with Gasteiger partial charge in [-0.1, -0.05) is 29.8 Å². The van der Waals surface area contributed by atoms with Gasteiger partial charge in [-0.15, -0.1) is 0 Å². The van der Waals surface area contributed by atoms with Crippen LogP contribution >= 0.6 is 0 Å². The molecule has 0 saturated heterocycles. The van der Waals surface area contributed by atoms with E-state index in [4.69, 9.17) is 10.5 Å². The smallest absolute Gasteiger partial charge is 0.0480 e. The molecule has 0 spiro atoms. The molecule has 0 aliphatic heterocycles. The van der Waals surface area contributed by atoms with Gasteiger partial charge < -0.3 is 10.5 Å². The maximum Gasteiger partial charge on any atom is 0.0480 e. The van der Waals surface area contributed by atoms with Gasteiger partial charge in [-0.05, 0) is 18.9 Å². The van der Waals surface area contributed by atoms with Crippen LogP contribution in [0.3, 0.4) is 0 Å². The van der Waals surface area contributed by atoms with E-state index in [1.807, 2.05) is 0 Å². The number of hydrogen-bond acceptors (Lipinski definition) is 2. The zero-order chi connectivity index (χ0) is 9.68. The van der Waals surface area contributed by atoms with Gasteiger partial charge in [0.2, 0.25) is 0 Å². The average Bonchev–Trinajstić information content (AvgIpc) is 2.15. The predicted octanol–water partition coefficient (Wildman–Crippen LogP) is 2.03. The predicted molar refractivity (Wildman–Crippen MR) is 54.6 cm³/mol. The molecule has 1 aromatic carbocycles. The van der Waals surface area contributed by atoms with Crippen LogP contribution in [-0.2, 0) is 4.74 Å². The molecule has 0 aliphatic carbocycles. The van der Waals surface area contributed by atoms with E-state index < -0.39 is 0 Å². The number of benzene rings is 1. The van der Waals surface area contributed by atoms with Crippen LogP contribution in [0.15, 0.2) is 24.3 Å². The summed E-state index contributed by atoms with van der Waals surface area (Å²) in [6.07, 6.45) is 0.875. The summed E-state index contributed by atoms with van der Waals surface area (Å²) in [6.45, 7) is 2.79. The lowest BCUT2D eigenvalue weighted by Crippen LogP contribution is -2.12. The highest BCUT2D eigenvalue weighted by molar-refractivity contribution is 5.23. The number of hydrogen-bond donors (Lipinski definition) is 1. The summed E-state index contributed by atoms with van der Waals surface area (Å²) in [5.41, 5.74) is 8.40. The second-order valence-electron chi connectivity index (χ2n) is 3.30. The van der Waals surface area contributed by atoms with Gasteiger partial charge in [0.25, 0.3) is 0 Å². The molecule has 13 heavy (non-hydrogen) atoms. The summed E-state index contributed by atoms with van der Waals surface area (Å²) in [4.78, 5) is 0. The third kappa shape index (κ3) is 3.17. The quantitative estimate of drug-likeness (QED) is 0.767. The van der Waals surface area contributed by atoms with Gasteiger partial charge in [0, 0.05) is 19.8 Å². The normalized spacial score (nSPS) is 12.8. The van der Waals surface area contributed by atoms with E-state index in [1.165, 1.54) is 11.1 Å². The van der Waals surface area contributed by atoms with Crippen LogP contribution in [0.4, 0.5) is 0 Å². The first-order valence-electron chi connectivity index (χ1n) is 4.55. The van der Waals surface area contributed by atoms with E-state index in [0.717, 1.165) is 13.0 Å². The van der Waals surface area contributed by atoms with Crippen LogP contribution in [0.1, 0.15) is 23.6 Å². The first-order chi connectivity index (χ1) is 6.24. The maximum absolute atomic E-state index is 5.95. The van der Waals surface area contributed by atoms with E-state index in [9.17, 15) is 0 Å². The lowest BCUT2D eigenvalue weighted by atomic mass is 10.0. The molecule has 2 nitrogen and oxygen atoms in total. The van der Waals surface area contributed by atoms with Crippen molar-refractivity contribution in [2.24, 2.45) is 5.73 Å². The highest BCUT2D eigenvalue weighted by Crippen LogP contribution is 2.14. The standard InChI is InChI=1S/C11H17NO/c1-9-3-5-10(6-4-9)11(12)7-8-13-2/h3-6,11H,7-8,12H2,1-2H3. The number of methoxy groups -OCH3 is 1. The van der Waals surface area contributed by atoms with Crippen molar-refractivity contribution in [2.45, 2.75) is 19.4 Å². The monoisotopic (exact) mass is 179 g/mol. The third-order valence-electron chi connectivity index (χ3n) is 2.14. The van der Waals surface area contributed by atoms with Crippen LogP contribution in [0.25, 0.3) is 0 Å². The molecule has 0 bridgehead atoms. The van der Waals surface area contributed by atoms with Crippen molar-refractivity contribution >= 4 is 0 Å². The second-order valence-corrected chi connectivity index (χ2v) is 3.30. The SMILES string of the molecule is COCCC(N)c1ccc(C)cc1. The van der Waals surface area contributed by atoms with Crippen molar-refractivity contribution in [1.29, 1.82) is 0 Å². The highest BCUT2D eigenvalue weighted by Gasteiger charge is 2.04. The van der Waals surface area contributed by atoms with E-state index in [1.54, 1.807) is 7.11 Å². The summed E-state index contributed by atoms with van der Waals surface area (Å²) >= 11 is 0. The topological polar surface area (TPSA) is 35.2 Å². The number of rotatable bonds is 4. The van der Waals surface area contributed by atoms with Gasteiger partial charge in [-0.2, -0.15) is 0 Å². The molecule has 0 amide bonds. The zero-order valence-corrected chi connectivity index (χ0v) is 8.29. The molecule has 0 fully saturated rings. The van der Waals surface area contributed by atoms with Gasteiger partial charge in [-0.3, -0.25) is 0 Å². The van der Waals surface area contributed by atoms with Crippen LogP contribution in [0.2, 0.25) is 0 Å². The summed E-state index contributed by atoms with van der Waals surface area (Å²) in [5, 5.41) is 0. The molecular formula is C11H17NO. The fourth-order valence-electron chi connectivity index (χ4n) is 1.23. The molecule has 1 atom stereocenters. The van der Waals surface area contributed by atoms with Gasteiger partial charge in [0.15, 0.2) is 0 Å². The largest absolute Gasteiger partial charge is 0.385 e. The molecule has 2 N–H and O–H groups in total. The minimum absolute atomic E-state index is 0.0977. The van der Waals surface area contributed by atoms with Crippen LogP contribution in [0, 0.1) is 6.92 Å². The Labute approximate surface area is 79.7 Å². The van der Waals surface area contributed by atoms with Gasteiger partial charge in [0.05, 0.1) is 0 Å². The minimum atomic E-state index is 0.0977. The molecular weight excluding hydrogens is 162 g/mol. The van der Waals surface area contributed by atoms with Crippen molar-refractivity contribution in [1.82, 2.24) is 0 Å². The summed E-state index contributed by atoms with van der Waals surface area (Å²) in [7, 11) is 1.70. The Hall–Kier alpha value is -0.860. The van der Waals surface area contributed by atoms with Crippen molar-refractivity contribution in [3.8, 4) is 0 Å². The summed E-state index contributed by atoms with van der Waals surface area (Å²) in [6, 6.07) is 8.43. The van der Waals surface area contributed by atoms with Crippen molar-refractivity contribution < 1.29 is 4.74 Å². The molecule has 1 unspecified atom stereocenters. The minimum Gasteiger partial charge on any atom is -0.385 e. The third-order valence-corrected chi connectivity index (χ3v) is 2.14. The van der Waals surface area contributed by atoms with E-state index >= 15 is 0 Å². The lowest BCUT2D eigenvalue weighted by Gasteiger charge is -2.11. The second kappa shape index (κ2) is 5.00.